The Kier molecular flexibility index (Phi) is 9.49. The van der Waals surface area contributed by atoms with Crippen LogP contribution in [-0.2, 0) is 11.0 Å². The van der Waals surface area contributed by atoms with E-state index in [9.17, 15) is 4.57 Å². The van der Waals surface area contributed by atoms with Crippen molar-refractivity contribution in [3.05, 3.63) is 48.5 Å². The lowest BCUT2D eigenvalue weighted by molar-refractivity contribution is 0.0373. The van der Waals surface area contributed by atoms with E-state index >= 15 is 0 Å². The van der Waals surface area contributed by atoms with Gasteiger partial charge in [0.15, 0.2) is 0 Å². The lowest BCUT2D eigenvalue weighted by Gasteiger charge is -2.47. The average Bonchev–Trinajstić information content (AvgIpc) is 3.07. The molecular weight excluding hydrogens is 623 g/mol. The minimum Gasteiger partial charge on any atom is -0.494 e. The Labute approximate surface area is 283 Å². The Hall–Kier alpha value is -3.86. The zero-order chi connectivity index (χ0) is 33.3. The van der Waals surface area contributed by atoms with Crippen molar-refractivity contribution in [2.45, 2.75) is 57.5 Å². The number of aromatic nitrogens is 5. The SMILES string of the molecule is CCc1cc(Nc2ncnc(Nc3ccc4nccnc4c3P(C)(C)=O)n2)c(OC)cc1N1CCC(N2CCN(C3CCC3)CC2)CC1. The van der Waals surface area contributed by atoms with Crippen LogP contribution in [0.4, 0.5) is 29.0 Å². The number of hydrogen-bond acceptors (Lipinski definition) is 12. The zero-order valence-electron chi connectivity index (χ0n) is 28.5. The minimum atomic E-state index is -2.73. The minimum absolute atomic E-state index is 0.323. The number of methoxy groups -OCH3 is 1. The number of hydrogen-bond donors (Lipinski definition) is 2. The largest absolute Gasteiger partial charge is 0.494 e. The summed E-state index contributed by atoms with van der Waals surface area (Å²) >= 11 is 0. The molecule has 2 aromatic carbocycles. The highest BCUT2D eigenvalue weighted by molar-refractivity contribution is 7.71. The molecule has 4 aromatic rings. The standard InChI is InChI=1S/C35H47N10O2P/c1-5-24-21-29(31(47-2)22-30(24)45-15-11-26(12-16-45)44-19-17-43(18-20-44)25-7-6-8-25)41-35-39-23-38-34(42-35)40-28-10-9-27-32(37-14-13-36-27)33(28)48(3,4)46/h9-10,13-14,21-23,25-26H,5-8,11-12,15-20H2,1-4H3,(H2,38,39,40,41,42). The molecule has 0 amide bonds. The molecular formula is C35H47N10O2P. The normalized spacial score (nSPS) is 18.5. The number of rotatable bonds is 10. The zero-order valence-corrected chi connectivity index (χ0v) is 29.4. The molecule has 48 heavy (non-hydrogen) atoms. The molecule has 254 valence electrons. The third-order valence-electron chi connectivity index (χ3n) is 10.3. The van der Waals surface area contributed by atoms with Crippen LogP contribution >= 0.6 is 7.14 Å². The number of aryl methyl sites for hydroxylation is 1. The van der Waals surface area contributed by atoms with Gasteiger partial charge in [-0.1, -0.05) is 13.3 Å². The van der Waals surface area contributed by atoms with Crippen LogP contribution in [-0.4, -0.2) is 107 Å². The summed E-state index contributed by atoms with van der Waals surface area (Å²) in [5.41, 5.74) is 5.20. The second-order valence-electron chi connectivity index (χ2n) is 13.5. The maximum atomic E-state index is 13.4. The van der Waals surface area contributed by atoms with Crippen LogP contribution in [0.1, 0.15) is 44.6 Å². The van der Waals surface area contributed by atoms with Gasteiger partial charge < -0.3 is 24.8 Å². The summed E-state index contributed by atoms with van der Waals surface area (Å²) in [5, 5.41) is 7.23. The van der Waals surface area contributed by atoms with Gasteiger partial charge in [0.2, 0.25) is 11.9 Å². The van der Waals surface area contributed by atoms with E-state index in [1.54, 1.807) is 32.8 Å². The molecule has 0 unspecified atom stereocenters. The van der Waals surface area contributed by atoms with Crippen molar-refractivity contribution in [2.24, 2.45) is 0 Å². The summed E-state index contributed by atoms with van der Waals surface area (Å²) in [5.74, 6) is 1.43. The molecule has 12 nitrogen and oxygen atoms in total. The number of benzene rings is 2. The number of piperazine rings is 1. The summed E-state index contributed by atoms with van der Waals surface area (Å²) in [7, 11) is -1.04. The van der Waals surface area contributed by atoms with Crippen LogP contribution in [0.25, 0.3) is 11.0 Å². The first-order valence-corrected chi connectivity index (χ1v) is 19.9. The number of nitrogens with zero attached hydrogens (tertiary/aromatic N) is 8. The Morgan fingerprint density at radius 3 is 2.08 bits per heavy atom. The van der Waals surface area contributed by atoms with Crippen molar-refractivity contribution in [3.63, 3.8) is 0 Å². The summed E-state index contributed by atoms with van der Waals surface area (Å²) < 4.78 is 19.3. The van der Waals surface area contributed by atoms with Gasteiger partial charge in [-0.2, -0.15) is 4.98 Å². The van der Waals surface area contributed by atoms with Gasteiger partial charge in [0.05, 0.1) is 29.3 Å². The van der Waals surface area contributed by atoms with Crippen molar-refractivity contribution in [3.8, 4) is 5.75 Å². The fourth-order valence-corrected chi connectivity index (χ4v) is 8.87. The van der Waals surface area contributed by atoms with Crippen LogP contribution in [0.2, 0.25) is 0 Å². The molecule has 3 fully saturated rings. The number of piperidine rings is 1. The fourth-order valence-electron chi connectivity index (χ4n) is 7.48. The van der Waals surface area contributed by atoms with Gasteiger partial charge >= 0.3 is 0 Å². The van der Waals surface area contributed by atoms with Crippen molar-refractivity contribution in [1.29, 1.82) is 0 Å². The van der Waals surface area contributed by atoms with Gasteiger partial charge in [-0.25, -0.2) is 9.97 Å². The van der Waals surface area contributed by atoms with Gasteiger partial charge in [0, 0.05) is 75.5 Å². The molecule has 3 aliphatic rings. The summed E-state index contributed by atoms with van der Waals surface area (Å²) in [4.78, 5) is 30.2. The first-order chi connectivity index (χ1) is 23.3. The third-order valence-corrected chi connectivity index (χ3v) is 11.8. The lowest BCUT2D eigenvalue weighted by Crippen LogP contribution is -2.56. The molecule has 1 aliphatic carbocycles. The molecule has 7 rings (SSSR count). The van der Waals surface area contributed by atoms with Crippen LogP contribution in [0, 0.1) is 0 Å². The molecule has 1 saturated carbocycles. The highest BCUT2D eigenvalue weighted by Gasteiger charge is 2.32. The van der Waals surface area contributed by atoms with Gasteiger partial charge in [-0.15, -0.1) is 0 Å². The molecule has 2 saturated heterocycles. The predicted octanol–water partition coefficient (Wildman–Crippen LogP) is 5.26. The molecule has 0 radical (unpaired) electrons. The average molecular weight is 671 g/mol. The number of fused-ring (bicyclic) bond motifs is 1. The molecule has 0 bridgehead atoms. The summed E-state index contributed by atoms with van der Waals surface area (Å²) in [6.45, 7) is 12.6. The smallest absolute Gasteiger partial charge is 0.232 e. The lowest BCUT2D eigenvalue weighted by atomic mass is 9.91. The molecule has 13 heteroatoms. The Bertz CT molecular complexity index is 1800. The van der Waals surface area contributed by atoms with Crippen LogP contribution in [0.15, 0.2) is 43.0 Å². The van der Waals surface area contributed by atoms with Crippen LogP contribution in [0.5, 0.6) is 5.75 Å². The van der Waals surface area contributed by atoms with Crippen molar-refractivity contribution in [2.75, 3.05) is 75.2 Å². The fraction of sp³-hybridized carbons (Fsp3) is 0.514. The molecule has 2 N–H and O–H groups in total. The van der Waals surface area contributed by atoms with Gasteiger partial charge in [-0.3, -0.25) is 19.8 Å². The third kappa shape index (κ3) is 6.84. The Morgan fingerprint density at radius 1 is 0.833 bits per heavy atom. The number of ether oxygens (including phenoxy) is 1. The van der Waals surface area contributed by atoms with E-state index < -0.39 is 7.14 Å². The van der Waals surface area contributed by atoms with Crippen LogP contribution in [0.3, 0.4) is 0 Å². The van der Waals surface area contributed by atoms with E-state index in [-0.39, 0.29) is 0 Å². The molecule has 2 aromatic heterocycles. The van der Waals surface area contributed by atoms with Gasteiger partial charge in [0.25, 0.3) is 0 Å². The van der Waals surface area contributed by atoms with Gasteiger partial charge in [0.1, 0.15) is 24.7 Å². The van der Waals surface area contributed by atoms with Crippen molar-refractivity contribution >= 4 is 52.4 Å². The topological polar surface area (TPSA) is 125 Å². The molecule has 0 spiro atoms. The maximum Gasteiger partial charge on any atom is 0.232 e. The highest BCUT2D eigenvalue weighted by Crippen LogP contribution is 2.41. The Morgan fingerprint density at radius 2 is 1.48 bits per heavy atom. The van der Waals surface area contributed by atoms with E-state index in [4.69, 9.17) is 4.74 Å². The number of anilines is 5. The van der Waals surface area contributed by atoms with E-state index in [1.807, 2.05) is 12.1 Å². The van der Waals surface area contributed by atoms with Crippen molar-refractivity contribution < 1.29 is 9.30 Å². The Balaban J connectivity index is 1.05. The van der Waals surface area contributed by atoms with E-state index in [0.29, 0.717) is 40.0 Å². The predicted molar refractivity (Wildman–Crippen MR) is 193 cm³/mol. The van der Waals surface area contributed by atoms with Crippen LogP contribution < -0.4 is 25.6 Å². The first kappa shape index (κ1) is 32.7. The summed E-state index contributed by atoms with van der Waals surface area (Å²) in [6, 6.07) is 9.53. The monoisotopic (exact) mass is 670 g/mol. The van der Waals surface area contributed by atoms with E-state index in [0.717, 1.165) is 37.0 Å². The van der Waals surface area contributed by atoms with Gasteiger partial charge in [-0.05, 0) is 69.2 Å². The van der Waals surface area contributed by atoms with E-state index in [2.05, 4.69) is 69.3 Å². The first-order valence-electron chi connectivity index (χ1n) is 17.3. The second-order valence-corrected chi connectivity index (χ2v) is 16.7. The second kappa shape index (κ2) is 13.9. The molecule has 4 heterocycles. The molecule has 2 aliphatic heterocycles. The van der Waals surface area contributed by atoms with Crippen molar-refractivity contribution in [1.82, 2.24) is 34.7 Å². The number of nitrogens with one attached hydrogen (secondary N) is 2. The summed E-state index contributed by atoms with van der Waals surface area (Å²) in [6.07, 6.45) is 12.2. The molecule has 0 atom stereocenters. The highest BCUT2D eigenvalue weighted by atomic mass is 31.2. The quantitative estimate of drug-likeness (QED) is 0.214. The maximum absolute atomic E-state index is 13.4. The van der Waals surface area contributed by atoms with E-state index in [1.165, 1.54) is 75.9 Å².